The molecule has 11 nitrogen and oxygen atoms in total. The van der Waals surface area contributed by atoms with Crippen molar-refractivity contribution in [2.45, 2.75) is 205 Å². The van der Waals surface area contributed by atoms with Gasteiger partial charge < -0.3 is 9.47 Å². The van der Waals surface area contributed by atoms with Crippen LogP contribution in [0.1, 0.15) is 196 Å². The zero-order valence-corrected chi connectivity index (χ0v) is 85.5. The first-order valence-electron chi connectivity index (χ1n) is 46.3. The molecule has 0 aliphatic heterocycles. The van der Waals surface area contributed by atoms with E-state index in [1.807, 2.05) is 93.5 Å². The number of thiazole rings is 1. The predicted molar refractivity (Wildman–Crippen MR) is 549 cm³/mol. The minimum atomic E-state index is -0.587. The highest BCUT2D eigenvalue weighted by molar-refractivity contribution is 7.99. The van der Waals surface area contributed by atoms with Crippen LogP contribution in [0.15, 0.2) is 251 Å². The molecule has 0 fully saturated rings. The quantitative estimate of drug-likeness (QED) is 0.0479. The van der Waals surface area contributed by atoms with Crippen LogP contribution in [0.3, 0.4) is 0 Å². The number of hydrogen-bond donors (Lipinski definition) is 0. The molecule has 5 aromatic heterocycles. The Morgan fingerprint density at radius 1 is 0.336 bits per heavy atom. The number of benzene rings is 11. The molecule has 5 heterocycles. The minimum Gasteiger partial charge on any atom is -0.496 e. The highest BCUT2D eigenvalue weighted by Crippen LogP contribution is 2.53. The molecule has 11 aromatic carbocycles. The van der Waals surface area contributed by atoms with Crippen molar-refractivity contribution < 1.29 is 49.0 Å². The van der Waals surface area contributed by atoms with Crippen molar-refractivity contribution in [3.05, 3.63) is 415 Å². The Labute approximate surface area is 846 Å². The molecule has 0 saturated carbocycles. The number of rotatable bonds is 22. The number of fused-ring (bicyclic) bond motifs is 4. The maximum absolute atomic E-state index is 14.6. The van der Waals surface area contributed by atoms with Crippen LogP contribution in [0.4, 0.5) is 39.5 Å². The summed E-state index contributed by atoms with van der Waals surface area (Å²) in [7, 11) is 3.40. The number of ether oxygens (including phenoxy) is 2. The summed E-state index contributed by atoms with van der Waals surface area (Å²) in [5.41, 5.74) is 19.9. The summed E-state index contributed by atoms with van der Waals surface area (Å²) < 4.78 is 147. The van der Waals surface area contributed by atoms with Crippen molar-refractivity contribution in [1.29, 1.82) is 0 Å². The van der Waals surface area contributed by atoms with Crippen molar-refractivity contribution in [1.82, 2.24) is 43.2 Å². The number of aryl methyl sites for hydroxylation is 9. The van der Waals surface area contributed by atoms with Gasteiger partial charge in [-0.15, -0.1) is 11.3 Å². The first-order chi connectivity index (χ1) is 67.2. The fraction of sp³-hybridized carbons (Fsp3) is 0.277. The van der Waals surface area contributed by atoms with Gasteiger partial charge in [-0.05, 0) is 353 Å². The second-order valence-electron chi connectivity index (χ2n) is 36.7. The maximum atomic E-state index is 14.6. The van der Waals surface area contributed by atoms with Crippen LogP contribution in [0.2, 0.25) is 15.1 Å². The molecule has 0 amide bonds. The van der Waals surface area contributed by atoms with Gasteiger partial charge in [0.05, 0.1) is 65.5 Å². The van der Waals surface area contributed by atoms with E-state index in [-0.39, 0.29) is 62.9 Å². The average Bonchev–Trinajstić information content (AvgIpc) is 1.59. The van der Waals surface area contributed by atoms with Crippen molar-refractivity contribution >= 4 is 93.2 Å². The molecular formula is C112H103Cl3F9N9O2S5. The molecule has 4 aliphatic carbocycles. The lowest BCUT2D eigenvalue weighted by Crippen LogP contribution is -2.31. The molecular weight excluding hydrogens is 1940 g/mol. The van der Waals surface area contributed by atoms with Gasteiger partial charge in [0.1, 0.15) is 68.9 Å². The third-order valence-corrected chi connectivity index (χ3v) is 33.2. The van der Waals surface area contributed by atoms with E-state index >= 15 is 0 Å². The third kappa shape index (κ3) is 20.8. The van der Waals surface area contributed by atoms with Crippen molar-refractivity contribution in [2.75, 3.05) is 14.2 Å². The van der Waals surface area contributed by atoms with Crippen molar-refractivity contribution in [3.8, 4) is 34.2 Å². The van der Waals surface area contributed by atoms with Crippen molar-refractivity contribution in [2.24, 2.45) is 0 Å². The predicted octanol–water partition coefficient (Wildman–Crippen LogP) is 31.5. The number of imidazole rings is 4. The molecule has 16 aromatic rings. The number of halogens is 12. The Hall–Kier alpha value is -10.9. The standard InChI is InChI=1S/C29H27Cl2FN2OS.C29H26F4N2S.C28H24ClF3N2S.C26H26FN3OS2/c1-18-16-19(9-14-26(18)35-3)29(2)15-5-8-25-27(29)34(21-12-10-20(32)11-13-21)28(33-25)36-17-22-23(30)6-4-7-24(22)31;1-17-13-24(32)22(25(33)14-17)16-36-28-34-26-5-4-12-29(3,19-6-11-23(31)18(2)15-19)27(26)35(28)21-9-7-20(30)8-10-21;1-17-15-18(8-13-23(17)31)28(2)14-4-7-25-26(28)34(20-11-9-19(30)10-12-20)27(33-25)35-16-21-22(29)5-3-6-24(21)32;1-17-15-18(6-11-22(17)31-3)26(2)12-4-5-21-24(26)30(20-9-7-19(27)8-10-20)25(29-21)33-16-23-28-13-14-32-23/h4,6-7,9-14,16H,5,8,15,17H2,1-3H3;6-11,13-15H,4-5,12,16H2,1-3H3;3,5-6,8-13,15H,4,7,14,16H2,1-2H3;6-11,13-15H,4-5,12,16H2,1-3H3. The minimum absolute atomic E-state index is 0.00542. The summed E-state index contributed by atoms with van der Waals surface area (Å²) >= 11 is 26.8. The summed E-state index contributed by atoms with van der Waals surface area (Å²) in [6.45, 7) is 18.2. The Morgan fingerprint density at radius 2 is 0.636 bits per heavy atom. The van der Waals surface area contributed by atoms with Crippen LogP contribution in [-0.4, -0.2) is 57.4 Å². The second kappa shape index (κ2) is 42.7. The van der Waals surface area contributed by atoms with Gasteiger partial charge in [-0.3, -0.25) is 18.3 Å². The third-order valence-electron chi connectivity index (χ3n) is 27.4. The second-order valence-corrected chi connectivity index (χ2v) is 42.7. The molecule has 4 unspecified atom stereocenters. The molecule has 722 valence electrons. The first kappa shape index (κ1) is 101. The van der Waals surface area contributed by atoms with E-state index in [9.17, 15) is 39.5 Å². The molecule has 0 N–H and O–H groups in total. The number of methoxy groups -OCH3 is 2. The fourth-order valence-electron chi connectivity index (χ4n) is 20.0. The molecule has 0 bridgehead atoms. The Balaban J connectivity index is 0.000000129. The SMILES string of the molecule is COc1ccc(C2(C)CCCc3nc(SCc4c(Cl)cccc4Cl)n(-c4ccc(F)cc4)c32)cc1C.COc1ccc(C2(C)CCCc3nc(SCc4nccs4)n(-c4ccc(F)cc4)c32)cc1C.Cc1cc(C2(C)CCCc3nc(SCc4c(F)cccc4Cl)n(-c4ccc(F)cc4)c32)ccc1F.Cc1cc(F)c(CSc2nc3c(n2-c2ccc(F)cc2)C(C)(c2ccc(F)c(C)c2)CCC3)c(F)c1. The molecule has 4 aliphatic rings. The van der Waals surface area contributed by atoms with E-state index in [0.717, 1.165) is 194 Å². The van der Waals surface area contributed by atoms with Gasteiger partial charge in [0.15, 0.2) is 20.6 Å². The average molecular weight is 2040 g/mol. The highest BCUT2D eigenvalue weighted by atomic mass is 35.5. The molecule has 140 heavy (non-hydrogen) atoms. The lowest BCUT2D eigenvalue weighted by Gasteiger charge is -2.36. The van der Waals surface area contributed by atoms with Gasteiger partial charge in [0.2, 0.25) is 0 Å². The number of nitrogens with zero attached hydrogens (tertiary/aromatic N) is 9. The van der Waals surface area contributed by atoms with E-state index in [2.05, 4.69) is 86.0 Å². The van der Waals surface area contributed by atoms with Gasteiger partial charge in [0, 0.05) is 99.4 Å². The van der Waals surface area contributed by atoms with Gasteiger partial charge in [0.25, 0.3) is 0 Å². The molecule has 20 rings (SSSR count). The summed E-state index contributed by atoms with van der Waals surface area (Å²) in [6, 6.07) is 61.9. The number of thioether (sulfide) groups is 4. The fourth-order valence-corrected chi connectivity index (χ4v) is 25.8. The van der Waals surface area contributed by atoms with E-state index in [4.69, 9.17) is 64.2 Å². The first-order valence-corrected chi connectivity index (χ1v) is 52.3. The number of aromatic nitrogens is 9. The molecule has 0 spiro atoms. The molecule has 4 atom stereocenters. The summed E-state index contributed by atoms with van der Waals surface area (Å²) in [5.74, 6) is 0.239. The van der Waals surface area contributed by atoms with Crippen LogP contribution in [0.25, 0.3) is 22.7 Å². The van der Waals surface area contributed by atoms with Crippen molar-refractivity contribution in [3.63, 3.8) is 0 Å². The maximum Gasteiger partial charge on any atom is 0.173 e. The van der Waals surface area contributed by atoms with Gasteiger partial charge >= 0.3 is 0 Å². The Morgan fingerprint density at radius 3 is 0.943 bits per heavy atom. The van der Waals surface area contributed by atoms with Crippen LogP contribution in [0.5, 0.6) is 11.5 Å². The monoisotopic (exact) mass is 2040 g/mol. The van der Waals surface area contributed by atoms with Crippen LogP contribution >= 0.6 is 93.2 Å². The summed E-state index contributed by atoms with van der Waals surface area (Å²) in [5, 5.41) is 7.76. The smallest absolute Gasteiger partial charge is 0.173 e. The lowest BCUT2D eigenvalue weighted by molar-refractivity contribution is 0.409. The van der Waals surface area contributed by atoms with Gasteiger partial charge in [-0.25, -0.2) is 64.4 Å². The summed E-state index contributed by atoms with van der Waals surface area (Å²) in [4.78, 5) is 24.6. The van der Waals surface area contributed by atoms with Gasteiger partial charge in [-0.1, -0.05) is 143 Å². The molecule has 28 heteroatoms. The topological polar surface area (TPSA) is 103 Å². The van der Waals surface area contributed by atoms with E-state index in [1.165, 1.54) is 119 Å². The Kier molecular flexibility index (Phi) is 30.7. The largest absolute Gasteiger partial charge is 0.496 e. The van der Waals surface area contributed by atoms with E-state index in [1.54, 1.807) is 106 Å². The zero-order chi connectivity index (χ0) is 98.8. The van der Waals surface area contributed by atoms with E-state index in [0.29, 0.717) is 64.8 Å². The molecule has 0 radical (unpaired) electrons. The Bertz CT molecular complexity index is 7140. The highest BCUT2D eigenvalue weighted by Gasteiger charge is 2.45. The normalized spacial score (nSPS) is 17.4. The zero-order valence-electron chi connectivity index (χ0n) is 79.2. The van der Waals surface area contributed by atoms with Crippen LogP contribution in [-0.2, 0) is 70.4 Å². The van der Waals surface area contributed by atoms with Gasteiger partial charge in [-0.2, -0.15) is 0 Å². The number of hydrogen-bond acceptors (Lipinski definition) is 12. The lowest BCUT2D eigenvalue weighted by atomic mass is 9.71. The molecule has 0 saturated heterocycles. The van der Waals surface area contributed by atoms with Crippen LogP contribution < -0.4 is 9.47 Å². The van der Waals surface area contributed by atoms with Crippen LogP contribution in [0, 0.1) is 87.0 Å². The van der Waals surface area contributed by atoms with E-state index < -0.39 is 22.5 Å². The summed E-state index contributed by atoms with van der Waals surface area (Å²) in [6.07, 6.45) is 12.9.